The lowest BCUT2D eigenvalue weighted by Gasteiger charge is -2.16. The lowest BCUT2D eigenvalue weighted by atomic mass is 10.1. The van der Waals surface area contributed by atoms with Crippen LogP contribution in [-0.4, -0.2) is 24.4 Å². The van der Waals surface area contributed by atoms with Crippen LogP contribution in [0.25, 0.3) is 0 Å². The molecule has 60 valence electrons. The van der Waals surface area contributed by atoms with Crippen molar-refractivity contribution in [1.82, 2.24) is 0 Å². The molecule has 0 aromatic rings. The summed E-state index contributed by atoms with van der Waals surface area (Å²) in [5.74, 6) is 0. The van der Waals surface area contributed by atoms with E-state index in [0.29, 0.717) is 0 Å². The molecule has 10 heavy (non-hydrogen) atoms. The maximum atomic E-state index is 9.31. The molecule has 0 bridgehead atoms. The number of rotatable bonds is 5. The summed E-state index contributed by atoms with van der Waals surface area (Å²) in [7, 11) is 1.57. The van der Waals surface area contributed by atoms with Gasteiger partial charge in [-0.2, -0.15) is 0 Å². The predicted molar refractivity (Wildman–Crippen MR) is 41.9 cm³/mol. The van der Waals surface area contributed by atoms with Crippen LogP contribution in [0, 0.1) is 0 Å². The van der Waals surface area contributed by atoms with E-state index in [4.69, 9.17) is 4.74 Å². The summed E-state index contributed by atoms with van der Waals surface area (Å²) >= 11 is 0. The molecule has 0 saturated carbocycles. The SMILES string of the molecule is C=C[C@H](OC)[C@@H](O)CCC. The van der Waals surface area contributed by atoms with Gasteiger partial charge in [-0.05, 0) is 6.42 Å². The number of aliphatic hydroxyl groups excluding tert-OH is 1. The van der Waals surface area contributed by atoms with Gasteiger partial charge in [0, 0.05) is 7.11 Å². The molecule has 0 rings (SSSR count). The normalized spacial score (nSPS) is 16.3. The van der Waals surface area contributed by atoms with Crippen LogP contribution in [0.1, 0.15) is 19.8 Å². The van der Waals surface area contributed by atoms with E-state index in [2.05, 4.69) is 6.58 Å². The summed E-state index contributed by atoms with van der Waals surface area (Å²) in [6.07, 6.45) is 2.76. The lowest BCUT2D eigenvalue weighted by Crippen LogP contribution is -2.25. The van der Waals surface area contributed by atoms with Gasteiger partial charge >= 0.3 is 0 Å². The van der Waals surface area contributed by atoms with E-state index in [9.17, 15) is 5.11 Å². The van der Waals surface area contributed by atoms with Crippen LogP contribution in [0.4, 0.5) is 0 Å². The van der Waals surface area contributed by atoms with Crippen molar-refractivity contribution in [2.45, 2.75) is 32.0 Å². The van der Waals surface area contributed by atoms with Crippen LogP contribution < -0.4 is 0 Å². The van der Waals surface area contributed by atoms with Gasteiger partial charge in [0.05, 0.1) is 6.10 Å². The Labute approximate surface area is 62.5 Å². The third kappa shape index (κ3) is 2.99. The van der Waals surface area contributed by atoms with Gasteiger partial charge in [0.2, 0.25) is 0 Å². The van der Waals surface area contributed by atoms with Crippen molar-refractivity contribution >= 4 is 0 Å². The second-order valence-electron chi connectivity index (χ2n) is 2.29. The van der Waals surface area contributed by atoms with Crippen LogP contribution in [0.5, 0.6) is 0 Å². The van der Waals surface area contributed by atoms with Crippen LogP contribution >= 0.6 is 0 Å². The topological polar surface area (TPSA) is 29.5 Å². The van der Waals surface area contributed by atoms with Crippen molar-refractivity contribution in [3.63, 3.8) is 0 Å². The Balaban J connectivity index is 3.63. The standard InChI is InChI=1S/C8H16O2/c1-4-6-7(9)8(5-2)10-3/h5,7-9H,2,4,6H2,1,3H3/t7-,8-/m0/s1. The summed E-state index contributed by atoms with van der Waals surface area (Å²) in [5.41, 5.74) is 0. The summed E-state index contributed by atoms with van der Waals surface area (Å²) in [6, 6.07) is 0. The van der Waals surface area contributed by atoms with Crippen molar-refractivity contribution in [3.05, 3.63) is 12.7 Å². The first-order valence-electron chi connectivity index (χ1n) is 3.59. The summed E-state index contributed by atoms with van der Waals surface area (Å²) in [4.78, 5) is 0. The Bertz CT molecular complexity index is 91.3. The number of ether oxygens (including phenoxy) is 1. The van der Waals surface area contributed by atoms with Crippen molar-refractivity contribution in [2.24, 2.45) is 0 Å². The fourth-order valence-electron chi connectivity index (χ4n) is 0.870. The van der Waals surface area contributed by atoms with Gasteiger partial charge < -0.3 is 9.84 Å². The van der Waals surface area contributed by atoms with E-state index in [-0.39, 0.29) is 6.10 Å². The third-order valence-corrected chi connectivity index (χ3v) is 1.47. The van der Waals surface area contributed by atoms with Crippen molar-refractivity contribution in [1.29, 1.82) is 0 Å². The average molecular weight is 144 g/mol. The minimum absolute atomic E-state index is 0.208. The van der Waals surface area contributed by atoms with Gasteiger partial charge in [-0.25, -0.2) is 0 Å². The molecule has 2 atom stereocenters. The van der Waals surface area contributed by atoms with Gasteiger partial charge in [-0.3, -0.25) is 0 Å². The molecule has 0 spiro atoms. The molecule has 0 aliphatic heterocycles. The second kappa shape index (κ2) is 5.45. The maximum Gasteiger partial charge on any atom is 0.101 e. The molecule has 0 amide bonds. The molecule has 0 saturated heterocycles. The molecular weight excluding hydrogens is 128 g/mol. The Kier molecular flexibility index (Phi) is 5.26. The zero-order valence-electron chi connectivity index (χ0n) is 6.71. The summed E-state index contributed by atoms with van der Waals surface area (Å²) in [5, 5.41) is 9.31. The first kappa shape index (κ1) is 9.66. The maximum absolute atomic E-state index is 9.31. The Morgan fingerprint density at radius 3 is 2.60 bits per heavy atom. The monoisotopic (exact) mass is 144 g/mol. The van der Waals surface area contributed by atoms with Gasteiger partial charge in [0.15, 0.2) is 0 Å². The third-order valence-electron chi connectivity index (χ3n) is 1.47. The van der Waals surface area contributed by atoms with E-state index < -0.39 is 6.10 Å². The van der Waals surface area contributed by atoms with Crippen molar-refractivity contribution in [2.75, 3.05) is 7.11 Å². The summed E-state index contributed by atoms with van der Waals surface area (Å²) in [6.45, 7) is 5.58. The number of methoxy groups -OCH3 is 1. The van der Waals surface area contributed by atoms with Crippen LogP contribution in [-0.2, 0) is 4.74 Å². The highest BCUT2D eigenvalue weighted by Crippen LogP contribution is 2.05. The molecule has 1 N–H and O–H groups in total. The quantitative estimate of drug-likeness (QED) is 0.590. The molecule has 0 aromatic heterocycles. The molecule has 0 fully saturated rings. The van der Waals surface area contributed by atoms with Gasteiger partial charge in [0.25, 0.3) is 0 Å². The van der Waals surface area contributed by atoms with E-state index >= 15 is 0 Å². The highest BCUT2D eigenvalue weighted by molar-refractivity contribution is 4.85. The fraction of sp³-hybridized carbons (Fsp3) is 0.750. The van der Waals surface area contributed by atoms with Gasteiger partial charge in [-0.15, -0.1) is 6.58 Å². The van der Waals surface area contributed by atoms with E-state index in [1.54, 1.807) is 13.2 Å². The van der Waals surface area contributed by atoms with E-state index in [0.717, 1.165) is 12.8 Å². The molecule has 2 heteroatoms. The van der Waals surface area contributed by atoms with Crippen LogP contribution in [0.2, 0.25) is 0 Å². The van der Waals surface area contributed by atoms with Crippen LogP contribution in [0.3, 0.4) is 0 Å². The van der Waals surface area contributed by atoms with Gasteiger partial charge in [-0.1, -0.05) is 19.4 Å². The van der Waals surface area contributed by atoms with Crippen LogP contribution in [0.15, 0.2) is 12.7 Å². The molecule has 0 unspecified atom stereocenters. The summed E-state index contributed by atoms with van der Waals surface area (Å²) < 4.78 is 4.95. The molecule has 0 aliphatic carbocycles. The van der Waals surface area contributed by atoms with E-state index in [1.807, 2.05) is 6.92 Å². The molecule has 0 heterocycles. The van der Waals surface area contributed by atoms with Crippen molar-refractivity contribution in [3.8, 4) is 0 Å². The molecule has 0 radical (unpaired) electrons. The molecule has 2 nitrogen and oxygen atoms in total. The van der Waals surface area contributed by atoms with E-state index in [1.165, 1.54) is 0 Å². The molecule has 0 aromatic carbocycles. The highest BCUT2D eigenvalue weighted by atomic mass is 16.5. The highest BCUT2D eigenvalue weighted by Gasteiger charge is 2.12. The minimum atomic E-state index is -0.396. The lowest BCUT2D eigenvalue weighted by molar-refractivity contribution is 0.0126. The number of aliphatic hydroxyl groups is 1. The van der Waals surface area contributed by atoms with Crippen molar-refractivity contribution < 1.29 is 9.84 Å². The predicted octanol–water partition coefficient (Wildman–Crippen LogP) is 1.35. The molecular formula is C8H16O2. The second-order valence-corrected chi connectivity index (χ2v) is 2.29. The zero-order valence-corrected chi connectivity index (χ0v) is 6.71. The number of hydrogen-bond donors (Lipinski definition) is 1. The zero-order chi connectivity index (χ0) is 7.98. The molecule has 0 aliphatic rings. The Morgan fingerprint density at radius 2 is 2.30 bits per heavy atom. The fourth-order valence-corrected chi connectivity index (χ4v) is 0.870. The largest absolute Gasteiger partial charge is 0.390 e. The minimum Gasteiger partial charge on any atom is -0.390 e. The smallest absolute Gasteiger partial charge is 0.101 e. The first-order chi connectivity index (χ1) is 4.76. The Morgan fingerprint density at radius 1 is 1.70 bits per heavy atom. The number of hydrogen-bond acceptors (Lipinski definition) is 2. The van der Waals surface area contributed by atoms with Gasteiger partial charge in [0.1, 0.15) is 6.10 Å². The Hall–Kier alpha value is -0.340. The first-order valence-corrected chi connectivity index (χ1v) is 3.59. The average Bonchev–Trinajstić information content (AvgIpc) is 1.91.